The summed E-state index contributed by atoms with van der Waals surface area (Å²) in [4.78, 5) is 0. The second-order valence-corrected chi connectivity index (χ2v) is 16.8. The Morgan fingerprint density at radius 1 is 0.283 bits per heavy atom. The molecule has 4 aliphatic rings. The molecule has 0 aromatic heterocycles. The van der Waals surface area contributed by atoms with Gasteiger partial charge in [0, 0.05) is 23.7 Å². The molecule has 0 saturated carbocycles. The molecule has 0 saturated heterocycles. The lowest BCUT2D eigenvalue weighted by molar-refractivity contribution is 0.982. The van der Waals surface area contributed by atoms with Gasteiger partial charge in [-0.25, -0.2) is 0 Å². The van der Waals surface area contributed by atoms with E-state index in [1.54, 1.807) is 0 Å². The summed E-state index contributed by atoms with van der Waals surface area (Å²) in [5.74, 6) is 0.200. The monoisotopic (exact) mass is 759 g/mol. The van der Waals surface area contributed by atoms with Gasteiger partial charge < -0.3 is 0 Å². The summed E-state index contributed by atoms with van der Waals surface area (Å²) in [7, 11) is 0. The maximum Gasteiger partial charge on any atom is 0.0995 e. The summed E-state index contributed by atoms with van der Waals surface area (Å²) in [6.45, 7) is 0. The van der Waals surface area contributed by atoms with E-state index in [1.807, 2.05) is 0 Å². The first-order valence-corrected chi connectivity index (χ1v) is 21.1. The van der Waals surface area contributed by atoms with Gasteiger partial charge >= 0.3 is 0 Å². The highest BCUT2D eigenvalue weighted by molar-refractivity contribution is 5.97. The molecule has 9 aromatic rings. The fourth-order valence-corrected chi connectivity index (χ4v) is 11.8. The molecule has 0 radical (unpaired) electrons. The molecule has 13 rings (SSSR count). The normalized spacial score (nSPS) is 18.0. The number of hydrogen-bond donors (Lipinski definition) is 0. The van der Waals surface area contributed by atoms with Crippen LogP contribution >= 0.6 is 0 Å². The quantitative estimate of drug-likeness (QED) is 0.175. The molecule has 0 aliphatic heterocycles. The lowest BCUT2D eigenvalue weighted by atomic mass is 9.81. The molecule has 1 heteroatoms. The fourth-order valence-electron chi connectivity index (χ4n) is 11.8. The molecule has 0 heterocycles. The minimum Gasteiger partial charge on any atom is -0.192 e. The summed E-state index contributed by atoms with van der Waals surface area (Å²) >= 11 is 0. The van der Waals surface area contributed by atoms with E-state index in [0.717, 1.165) is 11.1 Å². The van der Waals surface area contributed by atoms with Crippen LogP contribution in [0.15, 0.2) is 200 Å². The third-order valence-electron chi connectivity index (χ3n) is 14.0. The number of benzene rings is 9. The first kappa shape index (κ1) is 33.4. The summed E-state index contributed by atoms with van der Waals surface area (Å²) < 4.78 is 0. The number of fused-ring (bicyclic) bond motifs is 14. The molecule has 4 unspecified atom stereocenters. The molecule has 278 valence electrons. The second-order valence-electron chi connectivity index (χ2n) is 16.8. The van der Waals surface area contributed by atoms with Crippen molar-refractivity contribution in [1.29, 1.82) is 5.26 Å². The highest BCUT2D eigenvalue weighted by Crippen LogP contribution is 2.62. The summed E-state index contributed by atoms with van der Waals surface area (Å²) in [6.07, 6.45) is 0. The van der Waals surface area contributed by atoms with Crippen LogP contribution in [-0.4, -0.2) is 0 Å². The number of nitriles is 1. The lowest BCUT2D eigenvalue weighted by Crippen LogP contribution is -2.05. The van der Waals surface area contributed by atoms with Crippen LogP contribution in [0.25, 0.3) is 44.5 Å². The SMILES string of the molecule is N#Cc1cc2c(c3c1C(c1ccccc1)c1ccc(C4c5ccccc5-c5ccc6c(c54)-c4ccccc4C6c4ccccc4)cc1-3)C(c1ccccc1)c1ccccc1-2. The van der Waals surface area contributed by atoms with Gasteiger partial charge in [-0.3, -0.25) is 0 Å². The summed E-state index contributed by atoms with van der Waals surface area (Å²) in [5, 5.41) is 11.1. The molecular formula is C59H37N. The topological polar surface area (TPSA) is 23.8 Å². The van der Waals surface area contributed by atoms with Crippen molar-refractivity contribution in [2.24, 2.45) is 0 Å². The van der Waals surface area contributed by atoms with Gasteiger partial charge in [-0.1, -0.05) is 188 Å². The van der Waals surface area contributed by atoms with Crippen molar-refractivity contribution in [3.8, 4) is 50.6 Å². The molecule has 0 bridgehead atoms. The van der Waals surface area contributed by atoms with Crippen LogP contribution in [0.1, 0.15) is 96.0 Å². The van der Waals surface area contributed by atoms with Gasteiger partial charge in [0.2, 0.25) is 0 Å². The van der Waals surface area contributed by atoms with Crippen LogP contribution in [0.3, 0.4) is 0 Å². The van der Waals surface area contributed by atoms with E-state index in [0.29, 0.717) is 0 Å². The molecule has 60 heavy (non-hydrogen) atoms. The van der Waals surface area contributed by atoms with E-state index in [2.05, 4.69) is 206 Å². The van der Waals surface area contributed by atoms with Crippen LogP contribution in [-0.2, 0) is 0 Å². The van der Waals surface area contributed by atoms with Crippen LogP contribution < -0.4 is 0 Å². The first-order valence-electron chi connectivity index (χ1n) is 21.1. The molecule has 4 atom stereocenters. The Morgan fingerprint density at radius 3 is 1.35 bits per heavy atom. The van der Waals surface area contributed by atoms with Gasteiger partial charge in [0.15, 0.2) is 0 Å². The number of rotatable bonds is 4. The Kier molecular flexibility index (Phi) is 7.10. The average molecular weight is 760 g/mol. The lowest BCUT2D eigenvalue weighted by Gasteiger charge is -2.21. The van der Waals surface area contributed by atoms with E-state index >= 15 is 0 Å². The van der Waals surface area contributed by atoms with Crippen molar-refractivity contribution >= 4 is 0 Å². The predicted molar refractivity (Wildman–Crippen MR) is 242 cm³/mol. The second kappa shape index (κ2) is 12.7. The summed E-state index contributed by atoms with van der Waals surface area (Å²) in [6, 6.07) is 76.9. The van der Waals surface area contributed by atoms with Crippen LogP contribution in [0.4, 0.5) is 0 Å². The number of hydrogen-bond acceptors (Lipinski definition) is 1. The minimum absolute atomic E-state index is 0.0348. The summed E-state index contributed by atoms with van der Waals surface area (Å²) in [5.41, 5.74) is 26.7. The third-order valence-corrected chi connectivity index (χ3v) is 14.0. The smallest absolute Gasteiger partial charge is 0.0995 e. The van der Waals surface area contributed by atoms with Gasteiger partial charge in [0.05, 0.1) is 11.6 Å². The van der Waals surface area contributed by atoms with Crippen molar-refractivity contribution in [2.45, 2.75) is 23.7 Å². The Hall–Kier alpha value is -7.53. The zero-order valence-electron chi connectivity index (χ0n) is 32.8. The Bertz CT molecular complexity index is 3280. The van der Waals surface area contributed by atoms with Crippen molar-refractivity contribution in [2.75, 3.05) is 0 Å². The highest BCUT2D eigenvalue weighted by atomic mass is 14.5. The molecule has 0 fully saturated rings. The van der Waals surface area contributed by atoms with E-state index in [1.165, 1.54) is 106 Å². The van der Waals surface area contributed by atoms with Gasteiger partial charge in [0.1, 0.15) is 0 Å². The first-order chi connectivity index (χ1) is 29.8. The van der Waals surface area contributed by atoms with Crippen LogP contribution in [0.5, 0.6) is 0 Å². The molecule has 4 aliphatic carbocycles. The van der Waals surface area contributed by atoms with E-state index < -0.39 is 0 Å². The van der Waals surface area contributed by atoms with Gasteiger partial charge in [-0.2, -0.15) is 5.26 Å². The zero-order valence-corrected chi connectivity index (χ0v) is 32.8. The van der Waals surface area contributed by atoms with E-state index in [9.17, 15) is 5.26 Å². The van der Waals surface area contributed by atoms with Crippen molar-refractivity contribution < 1.29 is 0 Å². The Balaban J connectivity index is 1.10. The molecule has 0 amide bonds. The van der Waals surface area contributed by atoms with Gasteiger partial charge in [-0.05, 0) is 123 Å². The molecule has 9 aromatic carbocycles. The molecule has 0 N–H and O–H groups in total. The predicted octanol–water partition coefficient (Wildman–Crippen LogP) is 14.2. The van der Waals surface area contributed by atoms with Gasteiger partial charge in [0.25, 0.3) is 0 Å². The molecule has 1 nitrogen and oxygen atoms in total. The number of nitrogens with zero attached hydrogens (tertiary/aromatic N) is 1. The Morgan fingerprint density at radius 2 is 0.733 bits per heavy atom. The van der Waals surface area contributed by atoms with E-state index in [-0.39, 0.29) is 23.7 Å². The highest BCUT2D eigenvalue weighted by Gasteiger charge is 2.43. The molecule has 0 spiro atoms. The van der Waals surface area contributed by atoms with Crippen LogP contribution in [0, 0.1) is 11.3 Å². The maximum absolute atomic E-state index is 11.1. The minimum atomic E-state index is -0.0590. The van der Waals surface area contributed by atoms with Crippen LogP contribution in [0.2, 0.25) is 0 Å². The average Bonchev–Trinajstić information content (AvgIpc) is 4.04. The van der Waals surface area contributed by atoms with Gasteiger partial charge in [-0.15, -0.1) is 0 Å². The Labute approximate surface area is 350 Å². The van der Waals surface area contributed by atoms with Crippen molar-refractivity contribution in [3.05, 3.63) is 273 Å². The zero-order chi connectivity index (χ0) is 39.5. The van der Waals surface area contributed by atoms with Crippen molar-refractivity contribution in [3.63, 3.8) is 0 Å². The van der Waals surface area contributed by atoms with E-state index in [4.69, 9.17) is 0 Å². The third kappa shape index (κ3) is 4.51. The largest absolute Gasteiger partial charge is 0.192 e. The molecular weight excluding hydrogens is 723 g/mol. The fraction of sp³-hybridized carbons (Fsp3) is 0.0678. The maximum atomic E-state index is 11.1. The standard InChI is InChI=1S/C59H37N/c60-34-39-33-49-41-23-11-13-25-43(41)53(37-20-8-3-9-21-37)58(49)59-50-32-38(28-29-47(50)52(55(39)59)36-18-6-2-7-19-36)54-42-24-12-10-22-40(42)46-30-31-48-51(35-16-4-1-5-17-35)44-26-14-15-27-45(44)56(48)57(46)54/h1-33,51-54H. The van der Waals surface area contributed by atoms with Crippen molar-refractivity contribution in [1.82, 2.24) is 0 Å².